The molecule has 0 atom stereocenters. The lowest BCUT2D eigenvalue weighted by Gasteiger charge is -2.27. The van der Waals surface area contributed by atoms with Gasteiger partial charge in [0.2, 0.25) is 0 Å². The first-order chi connectivity index (χ1) is 9.31. The Bertz CT molecular complexity index is 566. The van der Waals surface area contributed by atoms with Gasteiger partial charge in [-0.05, 0) is 12.8 Å². The van der Waals surface area contributed by atoms with E-state index in [9.17, 15) is 4.79 Å². The number of aldehydes is 1. The molecular formula is C14H19N3OS. The third-order valence-electron chi connectivity index (χ3n) is 4.10. The lowest BCUT2D eigenvalue weighted by Crippen LogP contribution is -2.32. The van der Waals surface area contributed by atoms with Crippen LogP contribution in [0.5, 0.6) is 0 Å². The van der Waals surface area contributed by atoms with Gasteiger partial charge in [0.25, 0.3) is 0 Å². The van der Waals surface area contributed by atoms with E-state index in [1.807, 2.05) is 16.0 Å². The number of aromatic nitrogens is 2. The Morgan fingerprint density at radius 2 is 2.11 bits per heavy atom. The molecule has 0 bridgehead atoms. The first kappa shape index (κ1) is 12.7. The molecule has 0 aromatic carbocycles. The summed E-state index contributed by atoms with van der Waals surface area (Å²) in [4.78, 5) is 19.1. The number of anilines is 1. The molecule has 4 nitrogen and oxygen atoms in total. The zero-order chi connectivity index (χ0) is 13.2. The zero-order valence-corrected chi connectivity index (χ0v) is 12.0. The van der Waals surface area contributed by atoms with Gasteiger partial charge < -0.3 is 4.90 Å². The quantitative estimate of drug-likeness (QED) is 0.637. The highest BCUT2D eigenvalue weighted by molar-refractivity contribution is 7.15. The number of fused-ring (bicyclic) bond motifs is 1. The zero-order valence-electron chi connectivity index (χ0n) is 11.2. The van der Waals surface area contributed by atoms with Gasteiger partial charge in [-0.3, -0.25) is 9.20 Å². The number of thiazole rings is 1. The molecule has 0 unspecified atom stereocenters. The van der Waals surface area contributed by atoms with Crippen molar-refractivity contribution < 1.29 is 4.79 Å². The Morgan fingerprint density at radius 1 is 1.37 bits per heavy atom. The summed E-state index contributed by atoms with van der Waals surface area (Å²) in [7, 11) is 2.08. The monoisotopic (exact) mass is 277 g/mol. The molecule has 5 heteroatoms. The molecular weight excluding hydrogens is 258 g/mol. The van der Waals surface area contributed by atoms with Crippen LogP contribution in [0.1, 0.15) is 49.0 Å². The van der Waals surface area contributed by atoms with E-state index in [0.29, 0.717) is 11.7 Å². The molecule has 0 aliphatic heterocycles. The normalized spacial score (nSPS) is 17.5. The maximum atomic E-state index is 11.4. The standard InChI is InChI=1S/C14H19N3OS/c1-16(11-6-4-2-3-5-7-11)13-12(10-18)17-8-9-19-14(17)15-13/h8-11H,2-7H2,1H3. The second-order valence-corrected chi connectivity index (χ2v) is 6.12. The number of imidazole rings is 1. The predicted molar refractivity (Wildman–Crippen MR) is 78.3 cm³/mol. The maximum Gasteiger partial charge on any atom is 0.196 e. The Labute approximate surface area is 117 Å². The SMILES string of the molecule is CN(c1nc2sccn2c1C=O)C1CCCCCC1. The van der Waals surface area contributed by atoms with Crippen LogP contribution in [0.2, 0.25) is 0 Å². The highest BCUT2D eigenvalue weighted by Gasteiger charge is 2.23. The van der Waals surface area contributed by atoms with Gasteiger partial charge in [-0.1, -0.05) is 25.7 Å². The van der Waals surface area contributed by atoms with Crippen LogP contribution in [0.25, 0.3) is 4.96 Å². The van der Waals surface area contributed by atoms with Crippen molar-refractivity contribution in [1.82, 2.24) is 9.38 Å². The Hall–Kier alpha value is -1.36. The van der Waals surface area contributed by atoms with Crippen LogP contribution in [-0.4, -0.2) is 28.8 Å². The number of carbonyl (C=O) groups is 1. The van der Waals surface area contributed by atoms with E-state index in [-0.39, 0.29) is 0 Å². The summed E-state index contributed by atoms with van der Waals surface area (Å²) < 4.78 is 1.89. The largest absolute Gasteiger partial charge is 0.355 e. The number of hydrogen-bond donors (Lipinski definition) is 0. The van der Waals surface area contributed by atoms with E-state index < -0.39 is 0 Å². The molecule has 1 aliphatic carbocycles. The minimum Gasteiger partial charge on any atom is -0.355 e. The van der Waals surface area contributed by atoms with E-state index in [4.69, 9.17) is 0 Å². The lowest BCUT2D eigenvalue weighted by molar-refractivity contribution is 0.111. The van der Waals surface area contributed by atoms with Gasteiger partial charge >= 0.3 is 0 Å². The van der Waals surface area contributed by atoms with Crippen LogP contribution in [0, 0.1) is 0 Å². The van der Waals surface area contributed by atoms with Crippen molar-refractivity contribution in [3.8, 4) is 0 Å². The van der Waals surface area contributed by atoms with Crippen molar-refractivity contribution in [2.75, 3.05) is 11.9 Å². The van der Waals surface area contributed by atoms with Crippen LogP contribution >= 0.6 is 11.3 Å². The third-order valence-corrected chi connectivity index (χ3v) is 4.85. The van der Waals surface area contributed by atoms with E-state index in [1.165, 1.54) is 38.5 Å². The smallest absolute Gasteiger partial charge is 0.196 e. The average Bonchev–Trinajstić information content (AvgIpc) is 2.88. The van der Waals surface area contributed by atoms with Crippen molar-refractivity contribution in [1.29, 1.82) is 0 Å². The van der Waals surface area contributed by atoms with Gasteiger partial charge in [-0.2, -0.15) is 0 Å². The molecule has 19 heavy (non-hydrogen) atoms. The number of rotatable bonds is 3. The summed E-state index contributed by atoms with van der Waals surface area (Å²) in [6.45, 7) is 0. The number of nitrogens with zero attached hydrogens (tertiary/aromatic N) is 3. The molecule has 0 spiro atoms. The van der Waals surface area contributed by atoms with Crippen LogP contribution in [0.3, 0.4) is 0 Å². The summed E-state index contributed by atoms with van der Waals surface area (Å²) >= 11 is 1.57. The minimum absolute atomic E-state index is 0.519. The highest BCUT2D eigenvalue weighted by atomic mass is 32.1. The van der Waals surface area contributed by atoms with Crippen molar-refractivity contribution in [3.63, 3.8) is 0 Å². The van der Waals surface area contributed by atoms with E-state index in [0.717, 1.165) is 17.1 Å². The van der Waals surface area contributed by atoms with Crippen LogP contribution < -0.4 is 4.90 Å². The predicted octanol–water partition coefficient (Wildman–Crippen LogP) is 3.37. The molecule has 0 amide bonds. The van der Waals surface area contributed by atoms with Gasteiger partial charge in [0.05, 0.1) is 0 Å². The topological polar surface area (TPSA) is 37.6 Å². The summed E-state index contributed by atoms with van der Waals surface area (Å²) in [6, 6.07) is 0.519. The fraction of sp³-hybridized carbons (Fsp3) is 0.571. The van der Waals surface area contributed by atoms with Gasteiger partial charge in [0.15, 0.2) is 17.1 Å². The first-order valence-corrected chi connectivity index (χ1v) is 7.83. The fourth-order valence-electron chi connectivity index (χ4n) is 2.98. The molecule has 0 radical (unpaired) electrons. The van der Waals surface area contributed by atoms with E-state index in [1.54, 1.807) is 11.3 Å². The molecule has 0 N–H and O–H groups in total. The Balaban J connectivity index is 1.93. The number of carbonyl (C=O) groups excluding carboxylic acids is 1. The van der Waals surface area contributed by atoms with Gasteiger partial charge in [-0.15, -0.1) is 11.3 Å². The summed E-state index contributed by atoms with van der Waals surface area (Å²) in [5.41, 5.74) is 0.683. The van der Waals surface area contributed by atoms with Crippen LogP contribution in [0.15, 0.2) is 11.6 Å². The fourth-order valence-corrected chi connectivity index (χ4v) is 3.70. The number of hydrogen-bond acceptors (Lipinski definition) is 4. The molecule has 2 aromatic rings. The van der Waals surface area contributed by atoms with Crippen molar-refractivity contribution in [2.45, 2.75) is 44.6 Å². The van der Waals surface area contributed by atoms with Gasteiger partial charge in [-0.25, -0.2) is 4.98 Å². The molecule has 1 aliphatic rings. The van der Waals surface area contributed by atoms with E-state index in [2.05, 4.69) is 16.9 Å². The molecule has 3 rings (SSSR count). The molecule has 0 saturated heterocycles. The van der Waals surface area contributed by atoms with Crippen molar-refractivity contribution >= 4 is 28.4 Å². The average molecular weight is 277 g/mol. The summed E-state index contributed by atoms with van der Waals surface area (Å²) in [5, 5.41) is 1.96. The van der Waals surface area contributed by atoms with E-state index >= 15 is 0 Å². The Morgan fingerprint density at radius 3 is 2.79 bits per heavy atom. The molecule has 1 fully saturated rings. The molecule has 2 aromatic heterocycles. The Kier molecular flexibility index (Phi) is 3.55. The second kappa shape index (κ2) is 5.33. The summed E-state index contributed by atoms with van der Waals surface area (Å²) in [5.74, 6) is 0.841. The van der Waals surface area contributed by atoms with Crippen molar-refractivity contribution in [2.24, 2.45) is 0 Å². The highest BCUT2D eigenvalue weighted by Crippen LogP contribution is 2.28. The third kappa shape index (κ3) is 2.27. The van der Waals surface area contributed by atoms with Crippen LogP contribution in [0.4, 0.5) is 5.82 Å². The van der Waals surface area contributed by atoms with Crippen molar-refractivity contribution in [3.05, 3.63) is 17.3 Å². The lowest BCUT2D eigenvalue weighted by atomic mass is 10.1. The van der Waals surface area contributed by atoms with Crippen LogP contribution in [-0.2, 0) is 0 Å². The molecule has 1 saturated carbocycles. The van der Waals surface area contributed by atoms with Gasteiger partial charge in [0, 0.05) is 24.7 Å². The minimum atomic E-state index is 0.519. The molecule has 2 heterocycles. The second-order valence-electron chi connectivity index (χ2n) is 5.25. The maximum absolute atomic E-state index is 11.4. The molecule has 102 valence electrons. The summed E-state index contributed by atoms with van der Waals surface area (Å²) in [6.07, 6.45) is 10.5. The van der Waals surface area contributed by atoms with Gasteiger partial charge in [0.1, 0.15) is 5.69 Å². The first-order valence-electron chi connectivity index (χ1n) is 6.95.